The number of halogens is 2. The average Bonchev–Trinajstić information content (AvgIpc) is 3.09. The van der Waals surface area contributed by atoms with E-state index in [4.69, 9.17) is 9.52 Å². The van der Waals surface area contributed by atoms with Crippen molar-refractivity contribution in [2.45, 2.75) is 24.4 Å². The van der Waals surface area contributed by atoms with E-state index in [1.54, 1.807) is 0 Å². The van der Waals surface area contributed by atoms with E-state index < -0.39 is 24.2 Å². The third-order valence-corrected chi connectivity index (χ3v) is 3.72. The lowest BCUT2D eigenvalue weighted by Crippen LogP contribution is -2.37. The van der Waals surface area contributed by atoms with Crippen LogP contribution in [-0.2, 0) is 10.5 Å². The Labute approximate surface area is 124 Å². The molecule has 1 N–H and O–H groups in total. The molecule has 0 bridgehead atoms. The van der Waals surface area contributed by atoms with Gasteiger partial charge in [0, 0.05) is 6.54 Å². The van der Waals surface area contributed by atoms with E-state index in [1.165, 1.54) is 17.0 Å². The summed E-state index contributed by atoms with van der Waals surface area (Å²) in [6.07, 6.45) is 1.97. The molecule has 1 aliphatic rings. The normalized spacial score (nSPS) is 14.4. The Morgan fingerprint density at radius 2 is 2.14 bits per heavy atom. The number of hydrogen-bond donors (Lipinski definition) is 1. The summed E-state index contributed by atoms with van der Waals surface area (Å²) in [6, 6.07) is 2.85. The van der Waals surface area contributed by atoms with Crippen LogP contribution in [-0.4, -0.2) is 40.7 Å². The third-order valence-electron chi connectivity index (χ3n) is 3.01. The summed E-state index contributed by atoms with van der Waals surface area (Å²) in [4.78, 5) is 24.3. The zero-order chi connectivity index (χ0) is 15.4. The van der Waals surface area contributed by atoms with Crippen molar-refractivity contribution in [1.82, 2.24) is 4.90 Å². The lowest BCUT2D eigenvalue weighted by molar-refractivity contribution is -0.137. The molecule has 0 aliphatic heterocycles. The van der Waals surface area contributed by atoms with Crippen molar-refractivity contribution in [1.29, 1.82) is 0 Å². The smallest absolute Gasteiger partial charge is 0.323 e. The van der Waals surface area contributed by atoms with Crippen molar-refractivity contribution in [3.63, 3.8) is 0 Å². The topological polar surface area (TPSA) is 70.8 Å². The summed E-state index contributed by atoms with van der Waals surface area (Å²) in [7, 11) is 0. The van der Waals surface area contributed by atoms with Crippen molar-refractivity contribution in [2.75, 3.05) is 13.1 Å². The lowest BCUT2D eigenvalue weighted by Gasteiger charge is -2.19. The Morgan fingerprint density at radius 1 is 1.43 bits per heavy atom. The molecular formula is C13H15F2NO4S. The maximum atomic E-state index is 12.2. The van der Waals surface area contributed by atoms with Gasteiger partial charge in [-0.15, -0.1) is 0 Å². The number of aliphatic carboxylic acids is 1. The van der Waals surface area contributed by atoms with E-state index >= 15 is 0 Å². The first-order chi connectivity index (χ1) is 9.95. The van der Waals surface area contributed by atoms with Gasteiger partial charge in [0.2, 0.25) is 0 Å². The summed E-state index contributed by atoms with van der Waals surface area (Å²) >= 11 is 0.403. The van der Waals surface area contributed by atoms with Crippen molar-refractivity contribution < 1.29 is 27.9 Å². The van der Waals surface area contributed by atoms with Gasteiger partial charge in [-0.25, -0.2) is 0 Å². The number of carboxylic acid groups (broad SMARTS) is 1. The number of alkyl halides is 2. The Hall–Kier alpha value is -1.57. The van der Waals surface area contributed by atoms with E-state index in [2.05, 4.69) is 0 Å². The molecule has 0 unspecified atom stereocenters. The molecule has 0 atom stereocenters. The lowest BCUT2D eigenvalue weighted by atomic mass is 10.3. The predicted molar refractivity (Wildman–Crippen MR) is 72.3 cm³/mol. The van der Waals surface area contributed by atoms with Gasteiger partial charge in [0.05, 0.1) is 5.75 Å². The van der Waals surface area contributed by atoms with Crippen LogP contribution in [0.3, 0.4) is 0 Å². The molecule has 8 heteroatoms. The molecule has 0 spiro atoms. The molecule has 1 saturated carbocycles. The van der Waals surface area contributed by atoms with Gasteiger partial charge in [0.25, 0.3) is 11.7 Å². The molecule has 0 saturated heterocycles. The van der Waals surface area contributed by atoms with E-state index in [0.29, 0.717) is 24.2 Å². The van der Waals surface area contributed by atoms with Gasteiger partial charge < -0.3 is 14.4 Å². The number of amides is 1. The van der Waals surface area contributed by atoms with Gasteiger partial charge in [-0.1, -0.05) is 11.8 Å². The Morgan fingerprint density at radius 3 is 2.71 bits per heavy atom. The minimum absolute atomic E-state index is 0.0123. The van der Waals surface area contributed by atoms with E-state index in [-0.39, 0.29) is 17.3 Å². The second-order valence-electron chi connectivity index (χ2n) is 4.86. The molecule has 5 nitrogen and oxygen atoms in total. The number of carbonyl (C=O) groups is 2. The number of hydrogen-bond acceptors (Lipinski definition) is 4. The molecule has 116 valence electrons. The van der Waals surface area contributed by atoms with Crippen LogP contribution in [0.1, 0.15) is 29.2 Å². The van der Waals surface area contributed by atoms with Crippen LogP contribution in [0.2, 0.25) is 0 Å². The monoisotopic (exact) mass is 319 g/mol. The van der Waals surface area contributed by atoms with Crippen molar-refractivity contribution in [3.8, 4) is 0 Å². The van der Waals surface area contributed by atoms with E-state index in [1.807, 2.05) is 0 Å². The van der Waals surface area contributed by atoms with E-state index in [9.17, 15) is 18.4 Å². The quantitative estimate of drug-likeness (QED) is 0.797. The van der Waals surface area contributed by atoms with E-state index in [0.717, 1.165) is 12.8 Å². The summed E-state index contributed by atoms with van der Waals surface area (Å²) in [5.74, 6) is -3.55. The van der Waals surface area contributed by atoms with Gasteiger partial charge >= 0.3 is 5.97 Å². The van der Waals surface area contributed by atoms with Crippen LogP contribution >= 0.6 is 11.8 Å². The minimum atomic E-state index is -2.51. The summed E-state index contributed by atoms with van der Waals surface area (Å²) in [5.41, 5.74) is 0. The molecule has 1 aromatic heterocycles. The largest absolute Gasteiger partial charge is 0.480 e. The van der Waals surface area contributed by atoms with Gasteiger partial charge in [0.15, 0.2) is 5.76 Å². The van der Waals surface area contributed by atoms with Crippen LogP contribution in [0.5, 0.6) is 0 Å². The Bertz CT molecular complexity index is 516. The maximum absolute atomic E-state index is 12.2. The van der Waals surface area contributed by atoms with Crippen LogP contribution in [0.15, 0.2) is 16.5 Å². The first-order valence-corrected chi connectivity index (χ1v) is 7.50. The fourth-order valence-corrected chi connectivity index (χ4v) is 2.31. The summed E-state index contributed by atoms with van der Waals surface area (Å²) in [6.45, 7) is -0.00982. The number of carbonyl (C=O) groups excluding carboxylic acids is 1. The zero-order valence-electron chi connectivity index (χ0n) is 11.1. The molecule has 0 aromatic carbocycles. The SMILES string of the molecule is O=C(O)CN(CC1CC1)C(=O)c1ccc(CSC(F)F)o1. The van der Waals surface area contributed by atoms with Gasteiger partial charge in [-0.2, -0.15) is 8.78 Å². The first kappa shape index (κ1) is 15.8. The fourth-order valence-electron chi connectivity index (χ4n) is 1.87. The van der Waals surface area contributed by atoms with Crippen molar-refractivity contribution >= 4 is 23.6 Å². The fraction of sp³-hybridized carbons (Fsp3) is 0.538. The molecule has 0 radical (unpaired) electrons. The second-order valence-corrected chi connectivity index (χ2v) is 5.84. The highest BCUT2D eigenvalue weighted by Gasteiger charge is 2.29. The van der Waals surface area contributed by atoms with Crippen LogP contribution in [0, 0.1) is 5.92 Å². The number of carboxylic acids is 1. The molecule has 21 heavy (non-hydrogen) atoms. The molecule has 1 heterocycles. The average molecular weight is 319 g/mol. The van der Waals surface area contributed by atoms with Gasteiger partial charge in [0.1, 0.15) is 12.3 Å². The molecule has 1 amide bonds. The number of thioether (sulfide) groups is 1. The highest BCUT2D eigenvalue weighted by Crippen LogP contribution is 2.30. The number of furan rings is 1. The highest BCUT2D eigenvalue weighted by molar-refractivity contribution is 7.98. The standard InChI is InChI=1S/C13H15F2NO4S/c14-13(15)21-7-9-3-4-10(20-9)12(19)16(6-11(17)18)5-8-1-2-8/h3-4,8,13H,1-2,5-7H2,(H,17,18). The minimum Gasteiger partial charge on any atom is -0.480 e. The first-order valence-electron chi connectivity index (χ1n) is 6.45. The zero-order valence-corrected chi connectivity index (χ0v) is 11.9. The van der Waals surface area contributed by atoms with Gasteiger partial charge in [-0.05, 0) is 30.9 Å². The Kier molecular flexibility index (Phi) is 5.22. The second kappa shape index (κ2) is 6.93. The molecule has 2 rings (SSSR count). The molecule has 1 aliphatic carbocycles. The van der Waals surface area contributed by atoms with Crippen LogP contribution < -0.4 is 0 Å². The highest BCUT2D eigenvalue weighted by atomic mass is 32.2. The van der Waals surface area contributed by atoms with Crippen LogP contribution in [0.25, 0.3) is 0 Å². The molecule has 1 fully saturated rings. The molecule has 1 aromatic rings. The predicted octanol–water partition coefficient (Wildman–Crippen LogP) is 2.67. The number of rotatable bonds is 8. The Balaban J connectivity index is 1.99. The van der Waals surface area contributed by atoms with Crippen molar-refractivity contribution in [2.24, 2.45) is 5.92 Å². The van der Waals surface area contributed by atoms with Gasteiger partial charge in [-0.3, -0.25) is 9.59 Å². The molecular weight excluding hydrogens is 304 g/mol. The maximum Gasteiger partial charge on any atom is 0.323 e. The summed E-state index contributed by atoms with van der Waals surface area (Å²) < 4.78 is 29.4. The third kappa shape index (κ3) is 5.04. The summed E-state index contributed by atoms with van der Waals surface area (Å²) in [5, 5.41) is 8.85. The van der Waals surface area contributed by atoms with Crippen molar-refractivity contribution in [3.05, 3.63) is 23.7 Å². The van der Waals surface area contributed by atoms with Crippen LogP contribution in [0.4, 0.5) is 8.78 Å². The number of nitrogens with zero attached hydrogens (tertiary/aromatic N) is 1.